The van der Waals surface area contributed by atoms with Gasteiger partial charge in [0.25, 0.3) is 11.8 Å². The molecule has 0 saturated carbocycles. The average Bonchev–Trinajstić information content (AvgIpc) is 3.58. The van der Waals surface area contributed by atoms with Crippen molar-refractivity contribution >= 4 is 69.1 Å². The number of thioether (sulfide) groups is 1. The van der Waals surface area contributed by atoms with Crippen molar-refractivity contribution in [2.45, 2.75) is 39.5 Å². The molecular weight excluding hydrogens is 560 g/mol. The smallest absolute Gasteiger partial charge is 0.264 e. The molecule has 6 nitrogen and oxygen atoms in total. The minimum absolute atomic E-state index is 0.0817. The summed E-state index contributed by atoms with van der Waals surface area (Å²) >= 11 is 9.00. The minimum Gasteiger partial charge on any atom is -0.322 e. The van der Waals surface area contributed by atoms with Crippen LogP contribution in [-0.2, 0) is 17.6 Å². The SMILES string of the molecule is Cc1cc(/C=C2\SC(=Nc3ccc(Cl)cc3)NC2=O)c(C)n1-c1sc2c(c1C(=O)Nc1ccccc1)CCCC2. The van der Waals surface area contributed by atoms with E-state index in [0.29, 0.717) is 15.1 Å². The molecule has 1 aliphatic carbocycles. The maximum absolute atomic E-state index is 13.7. The van der Waals surface area contributed by atoms with Crippen molar-refractivity contribution in [2.24, 2.45) is 4.99 Å². The van der Waals surface area contributed by atoms with Crippen LogP contribution in [0.15, 0.2) is 70.6 Å². The molecule has 202 valence electrons. The van der Waals surface area contributed by atoms with Crippen molar-refractivity contribution in [1.29, 1.82) is 0 Å². The Bertz CT molecular complexity index is 1680. The van der Waals surface area contributed by atoms with Crippen LogP contribution in [0, 0.1) is 13.8 Å². The van der Waals surface area contributed by atoms with Gasteiger partial charge in [-0.3, -0.25) is 9.59 Å². The Morgan fingerprint density at radius 2 is 1.82 bits per heavy atom. The summed E-state index contributed by atoms with van der Waals surface area (Å²) in [6.45, 7) is 4.08. The van der Waals surface area contributed by atoms with Crippen LogP contribution in [0.3, 0.4) is 0 Å². The summed E-state index contributed by atoms with van der Waals surface area (Å²) in [6, 6.07) is 18.8. The van der Waals surface area contributed by atoms with Crippen LogP contribution in [0.25, 0.3) is 11.1 Å². The molecule has 1 saturated heterocycles. The largest absolute Gasteiger partial charge is 0.322 e. The lowest BCUT2D eigenvalue weighted by atomic mass is 9.95. The highest BCUT2D eigenvalue weighted by atomic mass is 35.5. The van der Waals surface area contributed by atoms with Gasteiger partial charge in [0.1, 0.15) is 5.00 Å². The van der Waals surface area contributed by atoms with Gasteiger partial charge in [0.05, 0.1) is 16.2 Å². The number of anilines is 1. The number of amides is 2. The van der Waals surface area contributed by atoms with Crippen molar-refractivity contribution < 1.29 is 9.59 Å². The zero-order chi connectivity index (χ0) is 27.8. The van der Waals surface area contributed by atoms with Crippen molar-refractivity contribution in [2.75, 3.05) is 5.32 Å². The van der Waals surface area contributed by atoms with E-state index in [1.165, 1.54) is 22.2 Å². The summed E-state index contributed by atoms with van der Waals surface area (Å²) in [6.07, 6.45) is 6.03. The number of nitrogens with zero attached hydrogens (tertiary/aromatic N) is 2. The second-order valence-electron chi connectivity index (χ2n) is 9.83. The lowest BCUT2D eigenvalue weighted by Gasteiger charge is -2.14. The second kappa shape index (κ2) is 11.1. The van der Waals surface area contributed by atoms with E-state index in [9.17, 15) is 9.59 Å². The highest BCUT2D eigenvalue weighted by molar-refractivity contribution is 8.18. The molecule has 0 radical (unpaired) electrons. The van der Waals surface area contributed by atoms with Crippen molar-refractivity contribution in [3.05, 3.63) is 104 Å². The summed E-state index contributed by atoms with van der Waals surface area (Å²) in [5.74, 6) is -0.265. The lowest BCUT2D eigenvalue weighted by molar-refractivity contribution is -0.115. The highest BCUT2D eigenvalue weighted by Crippen LogP contribution is 2.40. The first-order valence-electron chi connectivity index (χ1n) is 13.1. The summed E-state index contributed by atoms with van der Waals surface area (Å²) in [7, 11) is 0. The van der Waals surface area contributed by atoms with E-state index < -0.39 is 0 Å². The van der Waals surface area contributed by atoms with Crippen molar-refractivity contribution in [3.8, 4) is 5.00 Å². The first-order chi connectivity index (χ1) is 19.4. The number of benzene rings is 2. The molecule has 6 rings (SSSR count). The number of thiophene rings is 1. The van der Waals surface area contributed by atoms with E-state index in [4.69, 9.17) is 11.6 Å². The van der Waals surface area contributed by atoms with Crippen LogP contribution >= 0.6 is 34.7 Å². The Labute approximate surface area is 246 Å². The number of aliphatic imine (C=N–C) groups is 1. The molecule has 2 N–H and O–H groups in total. The molecule has 9 heteroatoms. The Kier molecular flexibility index (Phi) is 7.40. The molecule has 3 heterocycles. The predicted octanol–water partition coefficient (Wildman–Crippen LogP) is 7.83. The van der Waals surface area contributed by atoms with Crippen LogP contribution in [0.4, 0.5) is 11.4 Å². The minimum atomic E-state index is -0.183. The first kappa shape index (κ1) is 26.6. The molecule has 40 heavy (non-hydrogen) atoms. The number of aromatic nitrogens is 1. The number of aryl methyl sites for hydroxylation is 2. The Hall–Kier alpha value is -3.59. The van der Waals surface area contributed by atoms with Gasteiger partial charge in [0.2, 0.25) is 0 Å². The van der Waals surface area contributed by atoms with Gasteiger partial charge in [0.15, 0.2) is 5.17 Å². The van der Waals surface area contributed by atoms with Gasteiger partial charge in [-0.1, -0.05) is 29.8 Å². The monoisotopic (exact) mass is 586 g/mol. The maximum Gasteiger partial charge on any atom is 0.264 e. The number of halogens is 1. The molecule has 2 amide bonds. The fourth-order valence-corrected chi connectivity index (χ4v) is 7.62. The third-order valence-corrected chi connectivity index (χ3v) is 9.52. The Morgan fingerprint density at radius 1 is 1.07 bits per heavy atom. The van der Waals surface area contributed by atoms with Gasteiger partial charge in [-0.05, 0) is 111 Å². The number of para-hydroxylation sites is 1. The van der Waals surface area contributed by atoms with E-state index in [0.717, 1.165) is 64.6 Å². The number of carbonyl (C=O) groups is 2. The van der Waals surface area contributed by atoms with Gasteiger partial charge in [0, 0.05) is 27.0 Å². The van der Waals surface area contributed by atoms with Crippen molar-refractivity contribution in [3.63, 3.8) is 0 Å². The quantitative estimate of drug-likeness (QED) is 0.234. The normalized spacial score (nSPS) is 16.8. The molecule has 2 aromatic carbocycles. The van der Waals surface area contributed by atoms with Gasteiger partial charge >= 0.3 is 0 Å². The first-order valence-corrected chi connectivity index (χ1v) is 15.1. The molecular formula is C31H27ClN4O2S2. The van der Waals surface area contributed by atoms with Gasteiger partial charge in [-0.2, -0.15) is 0 Å². The molecule has 0 unspecified atom stereocenters. The molecule has 0 atom stereocenters. The zero-order valence-corrected chi connectivity index (χ0v) is 24.5. The average molecular weight is 587 g/mol. The van der Waals surface area contributed by atoms with Crippen LogP contribution < -0.4 is 10.6 Å². The van der Waals surface area contributed by atoms with Crippen LogP contribution in [0.1, 0.15) is 50.6 Å². The number of hydrogen-bond acceptors (Lipinski definition) is 5. The Balaban J connectivity index is 1.35. The second-order valence-corrected chi connectivity index (χ2v) is 12.4. The molecule has 0 bridgehead atoms. The zero-order valence-electron chi connectivity index (χ0n) is 22.1. The van der Waals surface area contributed by atoms with E-state index in [2.05, 4.69) is 26.3 Å². The molecule has 2 aromatic heterocycles. The van der Waals surface area contributed by atoms with Crippen molar-refractivity contribution in [1.82, 2.24) is 9.88 Å². The van der Waals surface area contributed by atoms with Gasteiger partial charge in [-0.25, -0.2) is 4.99 Å². The molecule has 0 spiro atoms. The van der Waals surface area contributed by atoms with Crippen LogP contribution in [0.5, 0.6) is 0 Å². The number of carbonyl (C=O) groups excluding carboxylic acids is 2. The molecule has 1 fully saturated rings. The summed E-state index contributed by atoms with van der Waals surface area (Å²) in [5.41, 5.74) is 6.35. The highest BCUT2D eigenvalue weighted by Gasteiger charge is 2.29. The summed E-state index contributed by atoms with van der Waals surface area (Å²) in [4.78, 5) is 32.9. The topological polar surface area (TPSA) is 75.5 Å². The van der Waals surface area contributed by atoms with Gasteiger partial charge in [-0.15, -0.1) is 11.3 Å². The van der Waals surface area contributed by atoms with Crippen LogP contribution in [-0.4, -0.2) is 21.5 Å². The number of fused-ring (bicyclic) bond motifs is 1. The number of amidine groups is 1. The standard InChI is InChI=1S/C31H27ClN4O2S2/c1-18-16-20(17-26-28(37)35-31(40-26)34-23-14-12-21(32)13-15-23)19(2)36(18)30-27(24-10-6-7-11-25(24)39-30)29(38)33-22-8-4-3-5-9-22/h3-5,8-9,12-17H,6-7,10-11H2,1-2H3,(H,33,38)(H,34,35,37)/b26-17-. The Morgan fingerprint density at radius 3 is 2.60 bits per heavy atom. The third kappa shape index (κ3) is 5.27. The van der Waals surface area contributed by atoms with E-state index in [-0.39, 0.29) is 11.8 Å². The fraction of sp³-hybridized carbons (Fsp3) is 0.194. The number of rotatable bonds is 5. The molecule has 1 aliphatic heterocycles. The summed E-state index contributed by atoms with van der Waals surface area (Å²) < 4.78 is 2.16. The molecule has 4 aromatic rings. The summed E-state index contributed by atoms with van der Waals surface area (Å²) in [5, 5.41) is 8.06. The predicted molar refractivity (Wildman–Crippen MR) is 166 cm³/mol. The van der Waals surface area contributed by atoms with E-state index >= 15 is 0 Å². The van der Waals surface area contributed by atoms with Gasteiger partial charge < -0.3 is 15.2 Å². The van der Waals surface area contributed by atoms with E-state index in [1.807, 2.05) is 62.4 Å². The third-order valence-electron chi connectivity index (χ3n) is 7.08. The van der Waals surface area contributed by atoms with Crippen LogP contribution in [0.2, 0.25) is 5.02 Å². The number of nitrogens with one attached hydrogen (secondary N) is 2. The lowest BCUT2D eigenvalue weighted by Crippen LogP contribution is -2.19. The van der Waals surface area contributed by atoms with E-state index in [1.54, 1.807) is 23.5 Å². The number of hydrogen-bond donors (Lipinski definition) is 2. The molecule has 2 aliphatic rings. The maximum atomic E-state index is 13.7. The fourth-order valence-electron chi connectivity index (χ4n) is 5.16.